The fourth-order valence-corrected chi connectivity index (χ4v) is 5.17. The van der Waals surface area contributed by atoms with Gasteiger partial charge >= 0.3 is 0 Å². The lowest BCUT2D eigenvalue weighted by atomic mass is 10.1. The molecule has 4 aromatic rings. The first-order chi connectivity index (χ1) is 12.5. The van der Waals surface area contributed by atoms with E-state index in [1.165, 1.54) is 30.6 Å². The van der Waals surface area contributed by atoms with Crippen molar-refractivity contribution in [1.29, 1.82) is 0 Å². The molecular formula is C19H16N2O3S2. The summed E-state index contributed by atoms with van der Waals surface area (Å²) >= 11 is 1.36. The van der Waals surface area contributed by atoms with E-state index in [1.807, 2.05) is 48.0 Å². The molecule has 4 rings (SSSR count). The molecule has 1 heterocycles. The second kappa shape index (κ2) is 6.26. The smallest absolute Gasteiger partial charge is 0.285 e. The zero-order valence-electron chi connectivity index (χ0n) is 14.2. The summed E-state index contributed by atoms with van der Waals surface area (Å²) < 4.78 is 37.3. The van der Waals surface area contributed by atoms with E-state index in [2.05, 4.69) is 4.40 Å². The van der Waals surface area contributed by atoms with Gasteiger partial charge in [-0.3, -0.25) is 0 Å². The highest BCUT2D eigenvalue weighted by atomic mass is 32.2. The first kappa shape index (κ1) is 16.8. The highest BCUT2D eigenvalue weighted by molar-refractivity contribution is 7.90. The van der Waals surface area contributed by atoms with Crippen LogP contribution >= 0.6 is 11.3 Å². The molecule has 132 valence electrons. The molecule has 7 heteroatoms. The summed E-state index contributed by atoms with van der Waals surface area (Å²) in [4.78, 5) is 0.577. The van der Waals surface area contributed by atoms with Crippen LogP contribution in [0.15, 0.2) is 70.0 Å². The van der Waals surface area contributed by atoms with Gasteiger partial charge in [0.2, 0.25) is 4.80 Å². The summed E-state index contributed by atoms with van der Waals surface area (Å²) in [6.45, 7) is 0. The topological polar surface area (TPSA) is 60.7 Å². The molecular weight excluding hydrogens is 368 g/mol. The summed E-state index contributed by atoms with van der Waals surface area (Å²) in [7, 11) is -0.425. The Balaban J connectivity index is 1.92. The van der Waals surface area contributed by atoms with Crippen LogP contribution < -0.4 is 9.54 Å². The third kappa shape index (κ3) is 2.79. The second-order valence-electron chi connectivity index (χ2n) is 5.82. The number of thiazole rings is 1. The summed E-state index contributed by atoms with van der Waals surface area (Å²) in [6, 6.07) is 18.3. The van der Waals surface area contributed by atoms with Crippen molar-refractivity contribution in [2.24, 2.45) is 11.4 Å². The van der Waals surface area contributed by atoms with Gasteiger partial charge in [-0.2, -0.15) is 8.42 Å². The number of hydrogen-bond acceptors (Lipinski definition) is 4. The monoisotopic (exact) mass is 384 g/mol. The number of sulfonamides is 1. The highest BCUT2D eigenvalue weighted by Crippen LogP contribution is 2.26. The Morgan fingerprint density at radius 1 is 1.00 bits per heavy atom. The molecule has 0 aliphatic heterocycles. The minimum atomic E-state index is -3.80. The predicted octanol–water partition coefficient (Wildman–Crippen LogP) is 3.69. The van der Waals surface area contributed by atoms with Crippen molar-refractivity contribution in [2.75, 3.05) is 7.11 Å². The Kier molecular flexibility index (Phi) is 4.05. The van der Waals surface area contributed by atoms with Crippen LogP contribution in [-0.4, -0.2) is 20.1 Å². The average Bonchev–Trinajstić information content (AvgIpc) is 2.97. The molecule has 0 fully saturated rings. The highest BCUT2D eigenvalue weighted by Gasteiger charge is 2.15. The van der Waals surface area contributed by atoms with Crippen molar-refractivity contribution in [2.45, 2.75) is 4.90 Å². The van der Waals surface area contributed by atoms with Crippen molar-refractivity contribution in [3.8, 4) is 5.75 Å². The fourth-order valence-electron chi connectivity index (χ4n) is 2.91. The number of benzene rings is 3. The van der Waals surface area contributed by atoms with E-state index >= 15 is 0 Å². The van der Waals surface area contributed by atoms with E-state index in [-0.39, 0.29) is 4.90 Å². The molecule has 0 amide bonds. The van der Waals surface area contributed by atoms with Crippen LogP contribution in [0, 0.1) is 0 Å². The van der Waals surface area contributed by atoms with Gasteiger partial charge in [0.25, 0.3) is 10.0 Å². The SMILES string of the molecule is COc1ccc(S(=O)(=O)/N=c2/sc3ccc4ccccc4c3n2C)cc1. The molecule has 1 aromatic heterocycles. The van der Waals surface area contributed by atoms with Gasteiger partial charge in [0, 0.05) is 12.4 Å². The molecule has 0 aliphatic rings. The van der Waals surface area contributed by atoms with E-state index in [1.54, 1.807) is 12.1 Å². The minimum absolute atomic E-state index is 0.139. The van der Waals surface area contributed by atoms with Gasteiger partial charge < -0.3 is 9.30 Å². The molecule has 0 bridgehead atoms. The molecule has 5 nitrogen and oxygen atoms in total. The first-order valence-electron chi connectivity index (χ1n) is 7.92. The number of methoxy groups -OCH3 is 1. The zero-order chi connectivity index (χ0) is 18.3. The van der Waals surface area contributed by atoms with Crippen molar-refractivity contribution < 1.29 is 13.2 Å². The van der Waals surface area contributed by atoms with E-state index in [9.17, 15) is 8.42 Å². The molecule has 0 N–H and O–H groups in total. The molecule has 0 spiro atoms. The maximum atomic E-state index is 12.7. The van der Waals surface area contributed by atoms with Crippen LogP contribution in [0.1, 0.15) is 0 Å². The summed E-state index contributed by atoms with van der Waals surface area (Å²) in [5, 5.41) is 2.19. The van der Waals surface area contributed by atoms with Gasteiger partial charge in [-0.1, -0.05) is 41.7 Å². The van der Waals surface area contributed by atoms with Crippen LogP contribution in [-0.2, 0) is 17.1 Å². The molecule has 3 aromatic carbocycles. The van der Waals surface area contributed by atoms with Gasteiger partial charge in [0.15, 0.2) is 0 Å². The molecule has 26 heavy (non-hydrogen) atoms. The standard InChI is InChI=1S/C19H16N2O3S2/c1-21-18-16-6-4-3-5-13(16)7-12-17(18)25-19(21)20-26(22,23)15-10-8-14(24-2)9-11-15/h3-12H,1-2H3/b20-19+. The van der Waals surface area contributed by atoms with Crippen molar-refractivity contribution >= 4 is 42.3 Å². The van der Waals surface area contributed by atoms with Gasteiger partial charge in [0.05, 0.1) is 22.2 Å². The lowest BCUT2D eigenvalue weighted by Gasteiger charge is -2.02. The Bertz CT molecular complexity index is 1280. The number of ether oxygens (including phenoxy) is 1. The van der Waals surface area contributed by atoms with E-state index < -0.39 is 10.0 Å². The van der Waals surface area contributed by atoms with Crippen LogP contribution in [0.3, 0.4) is 0 Å². The quantitative estimate of drug-likeness (QED) is 0.541. The third-order valence-corrected chi connectivity index (χ3v) is 6.74. The maximum absolute atomic E-state index is 12.7. The molecule has 0 unspecified atom stereocenters. The Labute approximate surface area is 154 Å². The summed E-state index contributed by atoms with van der Waals surface area (Å²) in [5.41, 5.74) is 0.983. The zero-order valence-corrected chi connectivity index (χ0v) is 15.8. The lowest BCUT2D eigenvalue weighted by molar-refractivity contribution is 0.414. The van der Waals surface area contributed by atoms with Crippen molar-refractivity contribution in [1.82, 2.24) is 4.57 Å². The van der Waals surface area contributed by atoms with Crippen molar-refractivity contribution in [3.63, 3.8) is 0 Å². The fraction of sp³-hybridized carbons (Fsp3) is 0.105. The normalized spacial score (nSPS) is 12.8. The van der Waals surface area contributed by atoms with E-state index in [0.29, 0.717) is 10.6 Å². The first-order valence-corrected chi connectivity index (χ1v) is 10.2. The number of rotatable bonds is 3. The van der Waals surface area contributed by atoms with Crippen LogP contribution in [0.4, 0.5) is 0 Å². The lowest BCUT2D eigenvalue weighted by Crippen LogP contribution is -2.13. The Morgan fingerprint density at radius 2 is 1.73 bits per heavy atom. The number of nitrogens with zero attached hydrogens (tertiary/aromatic N) is 2. The molecule has 0 radical (unpaired) electrons. The molecule has 0 aliphatic carbocycles. The average molecular weight is 384 g/mol. The largest absolute Gasteiger partial charge is 0.497 e. The Morgan fingerprint density at radius 3 is 2.46 bits per heavy atom. The van der Waals surface area contributed by atoms with E-state index in [4.69, 9.17) is 4.74 Å². The second-order valence-corrected chi connectivity index (χ2v) is 8.43. The van der Waals surface area contributed by atoms with Gasteiger partial charge in [-0.15, -0.1) is 4.40 Å². The predicted molar refractivity (Wildman–Crippen MR) is 104 cm³/mol. The van der Waals surface area contributed by atoms with Crippen molar-refractivity contribution in [3.05, 3.63) is 65.5 Å². The number of aromatic nitrogens is 1. The van der Waals surface area contributed by atoms with Crippen LogP contribution in [0.2, 0.25) is 0 Å². The molecule has 0 saturated carbocycles. The third-order valence-electron chi connectivity index (χ3n) is 4.24. The number of aryl methyl sites for hydroxylation is 1. The van der Waals surface area contributed by atoms with Gasteiger partial charge in [0.1, 0.15) is 5.75 Å². The van der Waals surface area contributed by atoms with Crippen LogP contribution in [0.25, 0.3) is 21.0 Å². The summed E-state index contributed by atoms with van der Waals surface area (Å²) in [5.74, 6) is 0.600. The van der Waals surface area contributed by atoms with E-state index in [0.717, 1.165) is 21.0 Å². The summed E-state index contributed by atoms with van der Waals surface area (Å²) in [6.07, 6.45) is 0. The van der Waals surface area contributed by atoms with Gasteiger partial charge in [-0.25, -0.2) is 0 Å². The minimum Gasteiger partial charge on any atom is -0.497 e. The number of fused-ring (bicyclic) bond motifs is 3. The molecule has 0 atom stereocenters. The Hall–Kier alpha value is -2.64. The van der Waals surface area contributed by atoms with Gasteiger partial charge in [-0.05, 0) is 35.7 Å². The molecule has 0 saturated heterocycles. The maximum Gasteiger partial charge on any atom is 0.285 e. The number of hydrogen-bond donors (Lipinski definition) is 0. The van der Waals surface area contributed by atoms with Crippen LogP contribution in [0.5, 0.6) is 5.75 Å².